The molecule has 2 aliphatic rings. The van der Waals surface area contributed by atoms with Gasteiger partial charge in [0.2, 0.25) is 0 Å². The van der Waals surface area contributed by atoms with Crippen LogP contribution in [-0.4, -0.2) is 3.21 Å². The van der Waals surface area contributed by atoms with Crippen molar-refractivity contribution >= 4 is 3.21 Å². The zero-order valence-electron chi connectivity index (χ0n) is 28.2. The third-order valence-corrected chi connectivity index (χ3v) is 17.7. The minimum atomic E-state index is -2.33. The number of rotatable bonds is 5. The van der Waals surface area contributed by atoms with Gasteiger partial charge in [-0.2, -0.15) is 0 Å². The summed E-state index contributed by atoms with van der Waals surface area (Å²) in [6.07, 6.45) is 9.26. The molecule has 0 fully saturated rings. The number of unbranched alkanes of at least 4 members (excludes halogenated alkanes) is 1. The van der Waals surface area contributed by atoms with Gasteiger partial charge in [0.25, 0.3) is 0 Å². The zero-order valence-corrected chi connectivity index (χ0v) is 30.7. The Bertz CT molecular complexity index is 1330. The molecule has 0 spiro atoms. The van der Waals surface area contributed by atoms with E-state index in [0.717, 1.165) is 0 Å². The number of benzene rings is 2. The van der Waals surface area contributed by atoms with Crippen molar-refractivity contribution in [2.45, 2.75) is 131 Å². The van der Waals surface area contributed by atoms with Crippen LogP contribution in [0.2, 0.25) is 0 Å². The Morgan fingerprint density at radius 3 is 1.57 bits per heavy atom. The van der Waals surface area contributed by atoms with Crippen molar-refractivity contribution in [3.8, 4) is 11.1 Å². The van der Waals surface area contributed by atoms with Gasteiger partial charge in [-0.05, 0) is 0 Å². The summed E-state index contributed by atoms with van der Waals surface area (Å²) in [6.45, 7) is 33.4. The third kappa shape index (κ3) is 5.94. The van der Waals surface area contributed by atoms with Gasteiger partial charge in [0.05, 0.1) is 0 Å². The summed E-state index contributed by atoms with van der Waals surface area (Å²) in [5, 5.41) is 0. The van der Waals surface area contributed by atoms with Gasteiger partial charge in [0.15, 0.2) is 0 Å². The summed E-state index contributed by atoms with van der Waals surface area (Å²) in [5.74, 6) is 0.621. The van der Waals surface area contributed by atoms with Crippen LogP contribution >= 0.6 is 0 Å². The van der Waals surface area contributed by atoms with Crippen molar-refractivity contribution in [3.05, 3.63) is 78.7 Å². The molecule has 0 saturated heterocycles. The molecule has 216 valence electrons. The number of allylic oxidation sites excluding steroid dienone is 4. The summed E-state index contributed by atoms with van der Waals surface area (Å²) in [5.41, 5.74) is 14.2. The standard InChI is InChI=1S/C23H29.C13H21.C3H6.Zr/c1-14-9-16-11-17-10-15(2)21(23(6,7)8)13-19(17)18(16)12-20(14)22(3,4)5;1-5-6-7-11-8-9-12(10-11)13(2,3)4;1-3-2;/h9-13H,1-8H3;9-11H,5-7H2,1-4H3;1-2H3;. The molecule has 2 aromatic rings. The predicted molar refractivity (Wildman–Crippen MR) is 176 cm³/mol. The van der Waals surface area contributed by atoms with Gasteiger partial charge >= 0.3 is 256 Å². The van der Waals surface area contributed by atoms with E-state index in [1.165, 1.54) is 52.6 Å². The van der Waals surface area contributed by atoms with Crippen LogP contribution in [0.15, 0.2) is 45.3 Å². The fourth-order valence-electron chi connectivity index (χ4n) is 7.28. The second kappa shape index (κ2) is 11.1. The van der Waals surface area contributed by atoms with Crippen molar-refractivity contribution in [2.24, 2.45) is 11.3 Å². The number of fused-ring (bicyclic) bond motifs is 3. The van der Waals surface area contributed by atoms with Crippen LogP contribution in [-0.2, 0) is 32.1 Å². The van der Waals surface area contributed by atoms with E-state index >= 15 is 0 Å². The normalized spacial score (nSPS) is 17.5. The molecule has 0 bridgehead atoms. The molecule has 0 aromatic heterocycles. The SMILES string of the molecule is CCCCC1C=C(C(C)(C)C)C=[C]1[Zr](=[C](C)C)[CH]1c2cc(C)c(C(C)(C)C)cc2-c2cc(C(C)(C)C)c(C)cc21. The van der Waals surface area contributed by atoms with Gasteiger partial charge in [-0.3, -0.25) is 0 Å². The average molecular weight is 616 g/mol. The molecule has 0 saturated carbocycles. The van der Waals surface area contributed by atoms with Gasteiger partial charge in [-0.15, -0.1) is 0 Å². The fourth-order valence-corrected chi connectivity index (χ4v) is 15.9. The monoisotopic (exact) mass is 614 g/mol. The minimum absolute atomic E-state index is 0.133. The fraction of sp³-hybridized carbons (Fsp3) is 0.564. The molecular formula is C39H56Zr. The van der Waals surface area contributed by atoms with E-state index < -0.39 is 21.3 Å². The van der Waals surface area contributed by atoms with E-state index in [2.05, 4.69) is 133 Å². The number of hydrogen-bond donors (Lipinski definition) is 0. The summed E-state index contributed by atoms with van der Waals surface area (Å²) in [7, 11) is 0. The molecule has 0 aliphatic heterocycles. The molecule has 0 radical (unpaired) electrons. The molecule has 0 amide bonds. The van der Waals surface area contributed by atoms with Gasteiger partial charge in [-0.25, -0.2) is 0 Å². The van der Waals surface area contributed by atoms with Crippen molar-refractivity contribution in [1.29, 1.82) is 0 Å². The Labute approximate surface area is 254 Å². The maximum atomic E-state index is 2.70. The first-order valence-electron chi connectivity index (χ1n) is 15.8. The summed E-state index contributed by atoms with van der Waals surface area (Å²) >= 11 is -2.33. The van der Waals surface area contributed by atoms with Crippen molar-refractivity contribution in [1.82, 2.24) is 0 Å². The first-order valence-corrected chi connectivity index (χ1v) is 19.7. The molecule has 1 atom stereocenters. The van der Waals surface area contributed by atoms with E-state index in [1.807, 2.05) is 3.28 Å². The van der Waals surface area contributed by atoms with Crippen LogP contribution in [0.25, 0.3) is 11.1 Å². The Hall–Kier alpha value is -1.33. The molecular weight excluding hydrogens is 560 g/mol. The second-order valence-corrected chi connectivity index (χ2v) is 23.4. The Balaban J connectivity index is 2.03. The summed E-state index contributed by atoms with van der Waals surface area (Å²) < 4.78 is 4.14. The van der Waals surface area contributed by atoms with E-state index in [1.54, 1.807) is 19.9 Å². The molecule has 0 N–H and O–H groups in total. The third-order valence-electron chi connectivity index (χ3n) is 9.29. The van der Waals surface area contributed by atoms with Gasteiger partial charge in [0.1, 0.15) is 0 Å². The first kappa shape index (κ1) is 31.6. The van der Waals surface area contributed by atoms with Gasteiger partial charge in [0, 0.05) is 0 Å². The van der Waals surface area contributed by atoms with Crippen LogP contribution in [0.5, 0.6) is 0 Å². The Morgan fingerprint density at radius 1 is 0.725 bits per heavy atom. The number of hydrogen-bond acceptors (Lipinski definition) is 0. The van der Waals surface area contributed by atoms with Crippen molar-refractivity contribution in [2.75, 3.05) is 0 Å². The Morgan fingerprint density at radius 2 is 1.20 bits per heavy atom. The molecule has 1 unspecified atom stereocenters. The van der Waals surface area contributed by atoms with Crippen LogP contribution in [0.1, 0.15) is 139 Å². The maximum absolute atomic E-state index is 2.70. The summed E-state index contributed by atoms with van der Waals surface area (Å²) in [6, 6.07) is 10.4. The molecule has 0 heterocycles. The van der Waals surface area contributed by atoms with E-state index in [9.17, 15) is 0 Å². The van der Waals surface area contributed by atoms with Crippen LogP contribution in [0.4, 0.5) is 0 Å². The van der Waals surface area contributed by atoms with E-state index in [4.69, 9.17) is 0 Å². The summed E-state index contributed by atoms with van der Waals surface area (Å²) in [4.78, 5) is 0. The van der Waals surface area contributed by atoms with Crippen molar-refractivity contribution in [3.63, 3.8) is 0 Å². The van der Waals surface area contributed by atoms with Crippen LogP contribution in [0.3, 0.4) is 0 Å². The molecule has 2 aromatic carbocycles. The molecule has 2 aliphatic carbocycles. The van der Waals surface area contributed by atoms with E-state index in [0.29, 0.717) is 9.54 Å². The Kier molecular flexibility index (Phi) is 8.74. The average Bonchev–Trinajstić information content (AvgIpc) is 3.35. The van der Waals surface area contributed by atoms with Gasteiger partial charge in [-0.1, -0.05) is 0 Å². The molecule has 0 nitrogen and oxygen atoms in total. The topological polar surface area (TPSA) is 0 Å². The molecule has 1 heteroatoms. The van der Waals surface area contributed by atoms with Crippen LogP contribution in [0, 0.1) is 25.2 Å². The number of aryl methyl sites for hydroxylation is 2. The molecule has 4 rings (SSSR count). The quantitative estimate of drug-likeness (QED) is 0.314. The van der Waals surface area contributed by atoms with Crippen LogP contribution < -0.4 is 0 Å². The van der Waals surface area contributed by atoms with Crippen molar-refractivity contribution < 1.29 is 21.3 Å². The molecule has 40 heavy (non-hydrogen) atoms. The van der Waals surface area contributed by atoms with E-state index in [-0.39, 0.29) is 16.2 Å². The van der Waals surface area contributed by atoms with Gasteiger partial charge < -0.3 is 0 Å². The zero-order chi connectivity index (χ0) is 29.9. The first-order chi connectivity index (χ1) is 18.4. The predicted octanol–water partition coefficient (Wildman–Crippen LogP) is 11.5. The second-order valence-electron chi connectivity index (χ2n) is 16.1.